The van der Waals surface area contributed by atoms with Crippen LogP contribution in [0.3, 0.4) is 0 Å². The van der Waals surface area contributed by atoms with Crippen LogP contribution >= 0.6 is 0 Å². The number of rotatable bonds is 1. The van der Waals surface area contributed by atoms with E-state index in [9.17, 15) is 9.18 Å². The quantitative estimate of drug-likeness (QED) is 0.590. The van der Waals surface area contributed by atoms with Crippen LogP contribution in [0.2, 0.25) is 0 Å². The van der Waals surface area contributed by atoms with Gasteiger partial charge in [-0.05, 0) is 24.2 Å². The van der Waals surface area contributed by atoms with Crippen molar-refractivity contribution in [2.75, 3.05) is 6.67 Å². The molecule has 0 N–H and O–H groups in total. The summed E-state index contributed by atoms with van der Waals surface area (Å²) in [5.74, 6) is 0.618. The van der Waals surface area contributed by atoms with Gasteiger partial charge in [-0.25, -0.2) is 4.39 Å². The zero-order valence-electron chi connectivity index (χ0n) is 7.69. The summed E-state index contributed by atoms with van der Waals surface area (Å²) in [6.45, 7) is 3.65. The molecular weight excluding hydrogens is 155 g/mol. The molecule has 0 aromatic carbocycles. The molecule has 2 aliphatic carbocycles. The lowest BCUT2D eigenvalue weighted by Gasteiger charge is -2.33. The third kappa shape index (κ3) is 0.629. The molecule has 2 heteroatoms. The molecular formula is C10H15FO. The van der Waals surface area contributed by atoms with Crippen LogP contribution in [-0.4, -0.2) is 12.5 Å². The molecule has 2 fully saturated rings. The molecule has 0 radical (unpaired) electrons. The first-order chi connectivity index (χ1) is 5.54. The standard InChI is InChI=1S/C10H15FO/c1-9(2)7-3-4-10(9,6-11)8(12)5-7/h7H,3-6H2,1-2H3. The number of fused-ring (bicyclic) bond motifs is 2. The van der Waals surface area contributed by atoms with E-state index in [1.54, 1.807) is 0 Å². The maximum Gasteiger partial charge on any atom is 0.142 e. The molecule has 2 saturated carbocycles. The Morgan fingerprint density at radius 3 is 2.50 bits per heavy atom. The Morgan fingerprint density at radius 1 is 1.58 bits per heavy atom. The van der Waals surface area contributed by atoms with Crippen LogP contribution in [0.5, 0.6) is 0 Å². The smallest absolute Gasteiger partial charge is 0.142 e. The highest BCUT2D eigenvalue weighted by molar-refractivity contribution is 5.89. The van der Waals surface area contributed by atoms with Gasteiger partial charge in [0.2, 0.25) is 0 Å². The molecule has 2 unspecified atom stereocenters. The fourth-order valence-corrected chi connectivity index (χ4v) is 3.08. The molecule has 0 spiro atoms. The highest BCUT2D eigenvalue weighted by atomic mass is 19.1. The second kappa shape index (κ2) is 2.09. The van der Waals surface area contributed by atoms with Gasteiger partial charge in [0.1, 0.15) is 12.5 Å². The predicted molar refractivity (Wildman–Crippen MR) is 44.5 cm³/mol. The Bertz CT molecular complexity index is 234. The minimum atomic E-state index is -0.600. The van der Waals surface area contributed by atoms with E-state index in [0.717, 1.165) is 12.8 Å². The number of carbonyl (C=O) groups excluding carboxylic acids is 1. The van der Waals surface area contributed by atoms with Crippen molar-refractivity contribution in [3.63, 3.8) is 0 Å². The van der Waals surface area contributed by atoms with Gasteiger partial charge in [0, 0.05) is 6.42 Å². The van der Waals surface area contributed by atoms with E-state index < -0.39 is 12.1 Å². The molecule has 0 amide bonds. The summed E-state index contributed by atoms with van der Waals surface area (Å²) >= 11 is 0. The van der Waals surface area contributed by atoms with Crippen molar-refractivity contribution in [2.45, 2.75) is 33.1 Å². The Morgan fingerprint density at radius 2 is 2.25 bits per heavy atom. The van der Waals surface area contributed by atoms with E-state index in [-0.39, 0.29) is 11.2 Å². The second-order valence-corrected chi connectivity index (χ2v) is 4.80. The van der Waals surface area contributed by atoms with Crippen LogP contribution in [0, 0.1) is 16.7 Å². The number of hydrogen-bond acceptors (Lipinski definition) is 1. The highest BCUT2D eigenvalue weighted by Crippen LogP contribution is 2.63. The minimum Gasteiger partial charge on any atom is -0.299 e. The van der Waals surface area contributed by atoms with Crippen molar-refractivity contribution >= 4 is 5.78 Å². The van der Waals surface area contributed by atoms with E-state index >= 15 is 0 Å². The second-order valence-electron chi connectivity index (χ2n) is 4.80. The zero-order valence-corrected chi connectivity index (χ0v) is 7.69. The Kier molecular flexibility index (Phi) is 1.43. The van der Waals surface area contributed by atoms with Gasteiger partial charge in [-0.1, -0.05) is 13.8 Å². The average Bonchev–Trinajstić information content (AvgIpc) is 2.36. The fourth-order valence-electron chi connectivity index (χ4n) is 3.08. The van der Waals surface area contributed by atoms with E-state index in [2.05, 4.69) is 13.8 Å². The molecule has 2 bridgehead atoms. The summed E-state index contributed by atoms with van der Waals surface area (Å²) < 4.78 is 12.9. The SMILES string of the molecule is CC1(C)C2CCC1(CF)C(=O)C2. The van der Waals surface area contributed by atoms with Gasteiger partial charge in [-0.3, -0.25) is 4.79 Å². The summed E-state index contributed by atoms with van der Waals surface area (Å²) in [5, 5.41) is 0. The summed E-state index contributed by atoms with van der Waals surface area (Å²) in [6, 6.07) is 0. The Labute approximate surface area is 72.3 Å². The predicted octanol–water partition coefficient (Wildman–Crippen LogP) is 2.35. The third-order valence-corrected chi connectivity index (χ3v) is 4.37. The van der Waals surface area contributed by atoms with Crippen molar-refractivity contribution in [1.29, 1.82) is 0 Å². The minimum absolute atomic E-state index is 0.0845. The van der Waals surface area contributed by atoms with Gasteiger partial charge >= 0.3 is 0 Å². The van der Waals surface area contributed by atoms with Crippen molar-refractivity contribution < 1.29 is 9.18 Å². The maximum absolute atomic E-state index is 12.9. The first-order valence-corrected chi connectivity index (χ1v) is 4.64. The lowest BCUT2D eigenvalue weighted by atomic mass is 9.70. The third-order valence-electron chi connectivity index (χ3n) is 4.37. The summed E-state index contributed by atoms with van der Waals surface area (Å²) in [6.07, 6.45) is 2.44. The molecule has 12 heavy (non-hydrogen) atoms. The van der Waals surface area contributed by atoms with Gasteiger partial charge in [0.05, 0.1) is 5.41 Å². The molecule has 0 heterocycles. The van der Waals surface area contributed by atoms with Crippen LogP contribution in [0.1, 0.15) is 33.1 Å². The van der Waals surface area contributed by atoms with E-state index in [0.29, 0.717) is 12.3 Å². The van der Waals surface area contributed by atoms with Gasteiger partial charge in [0.15, 0.2) is 0 Å². The maximum atomic E-state index is 12.9. The number of alkyl halides is 1. The van der Waals surface area contributed by atoms with Gasteiger partial charge in [-0.15, -0.1) is 0 Å². The molecule has 0 aromatic heterocycles. The lowest BCUT2D eigenvalue weighted by Crippen LogP contribution is -2.37. The van der Waals surface area contributed by atoms with Gasteiger partial charge < -0.3 is 0 Å². The van der Waals surface area contributed by atoms with Crippen molar-refractivity contribution in [2.24, 2.45) is 16.7 Å². The molecule has 0 aromatic rings. The molecule has 1 nitrogen and oxygen atoms in total. The Hall–Kier alpha value is -0.400. The molecule has 2 atom stereocenters. The summed E-state index contributed by atoms with van der Waals surface area (Å²) in [5.41, 5.74) is -0.684. The number of halogens is 1. The molecule has 68 valence electrons. The number of ketones is 1. The molecule has 0 saturated heterocycles. The molecule has 0 aliphatic heterocycles. The fraction of sp³-hybridized carbons (Fsp3) is 0.900. The normalized spacial score (nSPS) is 43.9. The van der Waals surface area contributed by atoms with Crippen molar-refractivity contribution in [1.82, 2.24) is 0 Å². The average molecular weight is 170 g/mol. The number of carbonyl (C=O) groups is 1. The largest absolute Gasteiger partial charge is 0.299 e. The number of hydrogen-bond donors (Lipinski definition) is 0. The van der Waals surface area contributed by atoms with Crippen molar-refractivity contribution in [3.8, 4) is 0 Å². The van der Waals surface area contributed by atoms with Crippen LogP contribution in [0.15, 0.2) is 0 Å². The zero-order chi connectivity index (χ0) is 8.98. The van der Waals surface area contributed by atoms with E-state index in [4.69, 9.17) is 0 Å². The topological polar surface area (TPSA) is 17.1 Å². The van der Waals surface area contributed by atoms with Gasteiger partial charge in [0.25, 0.3) is 0 Å². The number of Topliss-reactive ketones (excluding diaryl/α,β-unsaturated/α-hetero) is 1. The highest BCUT2D eigenvalue weighted by Gasteiger charge is 2.64. The molecule has 2 aliphatic rings. The molecule has 2 rings (SSSR count). The van der Waals surface area contributed by atoms with Crippen LogP contribution < -0.4 is 0 Å². The monoisotopic (exact) mass is 170 g/mol. The van der Waals surface area contributed by atoms with Crippen LogP contribution in [-0.2, 0) is 4.79 Å². The first-order valence-electron chi connectivity index (χ1n) is 4.64. The first kappa shape index (κ1) is 8.21. The van der Waals surface area contributed by atoms with Crippen molar-refractivity contribution in [3.05, 3.63) is 0 Å². The lowest BCUT2D eigenvalue weighted by molar-refractivity contribution is -0.130. The van der Waals surface area contributed by atoms with Crippen LogP contribution in [0.4, 0.5) is 4.39 Å². The summed E-state index contributed by atoms with van der Waals surface area (Å²) in [4.78, 5) is 11.6. The Balaban J connectivity index is 2.46. The van der Waals surface area contributed by atoms with Crippen LogP contribution in [0.25, 0.3) is 0 Å². The van der Waals surface area contributed by atoms with E-state index in [1.165, 1.54) is 0 Å². The van der Waals surface area contributed by atoms with E-state index in [1.807, 2.05) is 0 Å². The van der Waals surface area contributed by atoms with Gasteiger partial charge in [-0.2, -0.15) is 0 Å². The summed E-state index contributed by atoms with van der Waals surface area (Å²) in [7, 11) is 0.